The number of methoxy groups -OCH3 is 1. The topological polar surface area (TPSA) is 88.2 Å². The van der Waals surface area contributed by atoms with Crippen LogP contribution in [0.2, 0.25) is 0 Å². The van der Waals surface area contributed by atoms with Crippen molar-refractivity contribution < 1.29 is 14.7 Å². The monoisotopic (exact) mass is 271 g/mol. The Labute approximate surface area is 114 Å². The van der Waals surface area contributed by atoms with E-state index in [1.807, 2.05) is 13.8 Å². The second-order valence-corrected chi connectivity index (χ2v) is 5.38. The summed E-state index contributed by atoms with van der Waals surface area (Å²) in [4.78, 5) is 14.3. The van der Waals surface area contributed by atoms with Gasteiger partial charge in [0, 0.05) is 20.2 Å². The number of rotatable bonds is 5. The molecule has 0 aliphatic carbocycles. The largest absolute Gasteiger partial charge is 0.409 e. The fraction of sp³-hybridized carbons (Fsp3) is 0.846. The van der Waals surface area contributed by atoms with E-state index >= 15 is 0 Å². The van der Waals surface area contributed by atoms with E-state index in [0.717, 1.165) is 19.3 Å². The lowest BCUT2D eigenvalue weighted by Crippen LogP contribution is -2.52. The Morgan fingerprint density at radius 1 is 1.63 bits per heavy atom. The lowest BCUT2D eigenvalue weighted by Gasteiger charge is -2.40. The molecule has 1 amide bonds. The molecule has 110 valence electrons. The van der Waals surface area contributed by atoms with Crippen LogP contribution in [0.5, 0.6) is 0 Å². The Balaban J connectivity index is 2.79. The molecule has 3 N–H and O–H groups in total. The van der Waals surface area contributed by atoms with Crippen LogP contribution in [0.15, 0.2) is 5.16 Å². The first-order valence-corrected chi connectivity index (χ1v) is 6.78. The third-order valence-electron chi connectivity index (χ3n) is 3.81. The minimum atomic E-state index is -0.533. The fourth-order valence-electron chi connectivity index (χ4n) is 2.54. The average Bonchev–Trinajstić information content (AvgIpc) is 2.43. The molecule has 0 bridgehead atoms. The van der Waals surface area contributed by atoms with Gasteiger partial charge in [0.05, 0.1) is 11.5 Å². The second-order valence-electron chi connectivity index (χ2n) is 5.38. The molecule has 1 saturated heterocycles. The van der Waals surface area contributed by atoms with E-state index in [0.29, 0.717) is 19.5 Å². The van der Waals surface area contributed by atoms with Gasteiger partial charge in [-0.05, 0) is 26.2 Å². The molecule has 2 unspecified atom stereocenters. The summed E-state index contributed by atoms with van der Waals surface area (Å²) in [6.45, 7) is 5.24. The number of carbonyl (C=O) groups excluding carboxylic acids is 1. The molecule has 1 heterocycles. The van der Waals surface area contributed by atoms with Crippen LogP contribution in [0.25, 0.3) is 0 Å². The Morgan fingerprint density at radius 3 is 2.84 bits per heavy atom. The predicted octanol–water partition coefficient (Wildman–Crippen LogP) is 1.18. The van der Waals surface area contributed by atoms with Gasteiger partial charge in [-0.15, -0.1) is 0 Å². The van der Waals surface area contributed by atoms with Gasteiger partial charge in [-0.25, -0.2) is 0 Å². The number of likely N-dealkylation sites (tertiary alicyclic amines) is 1. The number of amidine groups is 1. The van der Waals surface area contributed by atoms with Crippen LogP contribution in [0.4, 0.5) is 0 Å². The normalized spacial score (nSPS) is 26.3. The molecule has 19 heavy (non-hydrogen) atoms. The van der Waals surface area contributed by atoms with Crippen molar-refractivity contribution in [1.29, 1.82) is 0 Å². The third-order valence-corrected chi connectivity index (χ3v) is 3.81. The van der Waals surface area contributed by atoms with Gasteiger partial charge in [0.2, 0.25) is 5.91 Å². The van der Waals surface area contributed by atoms with Crippen molar-refractivity contribution in [2.24, 2.45) is 16.8 Å². The molecular weight excluding hydrogens is 246 g/mol. The van der Waals surface area contributed by atoms with Crippen LogP contribution in [0.1, 0.15) is 39.5 Å². The van der Waals surface area contributed by atoms with Crippen molar-refractivity contribution in [3.63, 3.8) is 0 Å². The maximum atomic E-state index is 12.5. The molecule has 1 fully saturated rings. The van der Waals surface area contributed by atoms with Gasteiger partial charge in [0.15, 0.2) is 5.84 Å². The number of oxime groups is 1. The summed E-state index contributed by atoms with van der Waals surface area (Å²) in [5.41, 5.74) is 5.34. The number of amides is 1. The molecular formula is C13H25N3O3. The minimum absolute atomic E-state index is 0.00320. The highest BCUT2D eigenvalue weighted by molar-refractivity contribution is 6.02. The molecule has 0 saturated carbocycles. The summed E-state index contributed by atoms with van der Waals surface area (Å²) in [5, 5.41) is 11.8. The van der Waals surface area contributed by atoms with Crippen molar-refractivity contribution in [3.05, 3.63) is 0 Å². The Morgan fingerprint density at radius 2 is 2.32 bits per heavy atom. The Kier molecular flexibility index (Phi) is 5.60. The Hall–Kier alpha value is -1.30. The van der Waals surface area contributed by atoms with Crippen LogP contribution >= 0.6 is 0 Å². The number of carbonyl (C=O) groups is 1. The van der Waals surface area contributed by atoms with E-state index in [4.69, 9.17) is 15.7 Å². The number of nitrogens with two attached hydrogens (primary N) is 1. The van der Waals surface area contributed by atoms with Crippen LogP contribution in [-0.4, -0.2) is 47.7 Å². The van der Waals surface area contributed by atoms with Gasteiger partial charge < -0.3 is 20.6 Å². The highest BCUT2D eigenvalue weighted by Crippen LogP contribution is 2.25. The highest BCUT2D eigenvalue weighted by atomic mass is 16.5. The number of piperidine rings is 1. The number of hydrogen-bond acceptors (Lipinski definition) is 4. The van der Waals surface area contributed by atoms with Crippen LogP contribution < -0.4 is 5.73 Å². The fourth-order valence-corrected chi connectivity index (χ4v) is 2.54. The third kappa shape index (κ3) is 3.83. The first-order valence-electron chi connectivity index (χ1n) is 6.78. The Bertz CT molecular complexity index is 346. The maximum absolute atomic E-state index is 12.5. The van der Waals surface area contributed by atoms with Gasteiger partial charge >= 0.3 is 0 Å². The highest BCUT2D eigenvalue weighted by Gasteiger charge is 2.36. The molecule has 0 aromatic carbocycles. The van der Waals surface area contributed by atoms with E-state index in [-0.39, 0.29) is 17.3 Å². The van der Waals surface area contributed by atoms with Crippen molar-refractivity contribution in [1.82, 2.24) is 4.90 Å². The van der Waals surface area contributed by atoms with Crippen molar-refractivity contribution in [2.75, 3.05) is 20.2 Å². The van der Waals surface area contributed by atoms with Gasteiger partial charge in [0.1, 0.15) is 0 Å². The van der Waals surface area contributed by atoms with Crippen molar-refractivity contribution in [3.8, 4) is 0 Å². The average molecular weight is 271 g/mol. The van der Waals surface area contributed by atoms with Gasteiger partial charge in [-0.2, -0.15) is 0 Å². The van der Waals surface area contributed by atoms with Crippen LogP contribution in [0.3, 0.4) is 0 Å². The number of ether oxygens (including phenoxy) is 1. The zero-order chi connectivity index (χ0) is 14.5. The van der Waals surface area contributed by atoms with Gasteiger partial charge in [0.25, 0.3) is 0 Å². The van der Waals surface area contributed by atoms with E-state index in [1.165, 1.54) is 0 Å². The summed E-state index contributed by atoms with van der Waals surface area (Å²) in [6, 6.07) is 0. The van der Waals surface area contributed by atoms with Crippen LogP contribution in [-0.2, 0) is 9.53 Å². The summed E-state index contributed by atoms with van der Waals surface area (Å²) >= 11 is 0. The van der Waals surface area contributed by atoms with Crippen LogP contribution in [0, 0.1) is 5.92 Å². The lowest BCUT2D eigenvalue weighted by molar-refractivity contribution is -0.141. The lowest BCUT2D eigenvalue weighted by atomic mass is 9.92. The molecule has 6 nitrogen and oxygen atoms in total. The summed E-state index contributed by atoms with van der Waals surface area (Å²) < 4.78 is 5.48. The molecule has 1 aliphatic heterocycles. The molecule has 1 rings (SSSR count). The number of nitrogens with zero attached hydrogens (tertiary/aromatic N) is 2. The summed E-state index contributed by atoms with van der Waals surface area (Å²) in [5.74, 6) is -0.606. The molecule has 6 heteroatoms. The van der Waals surface area contributed by atoms with E-state index < -0.39 is 5.92 Å². The van der Waals surface area contributed by atoms with E-state index in [9.17, 15) is 4.79 Å². The molecule has 2 atom stereocenters. The van der Waals surface area contributed by atoms with Gasteiger partial charge in [-0.1, -0.05) is 18.5 Å². The summed E-state index contributed by atoms with van der Waals surface area (Å²) in [7, 11) is 1.67. The van der Waals surface area contributed by atoms with E-state index in [2.05, 4.69) is 5.16 Å². The first-order chi connectivity index (χ1) is 8.97. The predicted molar refractivity (Wildman–Crippen MR) is 73.0 cm³/mol. The van der Waals surface area contributed by atoms with Crippen molar-refractivity contribution >= 4 is 11.7 Å². The zero-order valence-corrected chi connectivity index (χ0v) is 12.1. The zero-order valence-electron chi connectivity index (χ0n) is 12.1. The molecule has 0 spiro atoms. The standard InChI is InChI=1S/C13H25N3O3/c1-4-6-10(11(14)15-18)12(17)16-8-5-7-13(2,9-16)19-3/h10,18H,4-9H2,1-3H3,(H2,14,15). The quantitative estimate of drug-likeness (QED) is 0.340. The smallest absolute Gasteiger partial charge is 0.233 e. The maximum Gasteiger partial charge on any atom is 0.233 e. The first kappa shape index (κ1) is 15.8. The summed E-state index contributed by atoms with van der Waals surface area (Å²) in [6.07, 6.45) is 3.25. The molecule has 1 aliphatic rings. The molecule has 0 aromatic heterocycles. The minimum Gasteiger partial charge on any atom is -0.409 e. The number of hydrogen-bond donors (Lipinski definition) is 2. The van der Waals surface area contributed by atoms with Crippen molar-refractivity contribution in [2.45, 2.75) is 45.1 Å². The SMILES string of the molecule is CCCC(C(=O)N1CCCC(C)(OC)C1)C(N)=NO. The van der Waals surface area contributed by atoms with E-state index in [1.54, 1.807) is 12.0 Å². The second kappa shape index (κ2) is 6.75. The molecule has 0 aromatic rings. The van der Waals surface area contributed by atoms with Gasteiger partial charge in [-0.3, -0.25) is 4.79 Å². The molecule has 0 radical (unpaired) electrons.